The molecule has 1 atom stereocenters. The van der Waals surface area contributed by atoms with Gasteiger partial charge in [-0.1, -0.05) is 25.1 Å². The molecule has 1 saturated heterocycles. The van der Waals surface area contributed by atoms with Crippen LogP contribution in [-0.2, 0) is 6.42 Å². The maximum atomic E-state index is 12.4. The van der Waals surface area contributed by atoms with Gasteiger partial charge in [-0.2, -0.15) is 5.10 Å². The highest BCUT2D eigenvalue weighted by Gasteiger charge is 2.29. The van der Waals surface area contributed by atoms with E-state index in [0.717, 1.165) is 17.7 Å². The number of likely N-dealkylation sites (tertiary alicyclic amines) is 1. The lowest BCUT2D eigenvalue weighted by atomic mass is 10.1. The van der Waals surface area contributed by atoms with Gasteiger partial charge in [-0.25, -0.2) is 4.68 Å². The second-order valence-electron chi connectivity index (χ2n) is 5.48. The van der Waals surface area contributed by atoms with Crippen molar-refractivity contribution in [2.24, 2.45) is 0 Å². The van der Waals surface area contributed by atoms with Crippen molar-refractivity contribution in [3.05, 3.63) is 41.7 Å². The van der Waals surface area contributed by atoms with Gasteiger partial charge >= 0.3 is 0 Å². The Morgan fingerprint density at radius 3 is 2.86 bits per heavy atom. The van der Waals surface area contributed by atoms with E-state index in [1.54, 1.807) is 0 Å². The number of aryl methyl sites for hydroxylation is 1. The van der Waals surface area contributed by atoms with Crippen molar-refractivity contribution in [1.82, 2.24) is 14.7 Å². The van der Waals surface area contributed by atoms with Crippen molar-refractivity contribution in [1.29, 1.82) is 0 Å². The maximum absolute atomic E-state index is 12.4. The van der Waals surface area contributed by atoms with Gasteiger partial charge in [0.15, 0.2) is 11.4 Å². The van der Waals surface area contributed by atoms with E-state index in [4.69, 9.17) is 0 Å². The molecule has 0 unspecified atom stereocenters. The second kappa shape index (κ2) is 5.81. The quantitative estimate of drug-likeness (QED) is 0.897. The van der Waals surface area contributed by atoms with Gasteiger partial charge in [-0.05, 0) is 24.5 Å². The molecular formula is C16H19N3O3. The molecule has 2 N–H and O–H groups in total. The largest absolute Gasteiger partial charge is 0.504 e. The highest BCUT2D eigenvalue weighted by Crippen LogP contribution is 2.23. The van der Waals surface area contributed by atoms with Crippen LogP contribution in [0.1, 0.15) is 29.4 Å². The summed E-state index contributed by atoms with van der Waals surface area (Å²) < 4.78 is 1.54. The van der Waals surface area contributed by atoms with Gasteiger partial charge in [0.05, 0.1) is 18.0 Å². The van der Waals surface area contributed by atoms with Crippen molar-refractivity contribution >= 4 is 5.91 Å². The summed E-state index contributed by atoms with van der Waals surface area (Å²) in [7, 11) is 0. The van der Waals surface area contributed by atoms with E-state index < -0.39 is 6.10 Å². The first-order valence-corrected chi connectivity index (χ1v) is 7.44. The Labute approximate surface area is 128 Å². The molecule has 1 fully saturated rings. The summed E-state index contributed by atoms with van der Waals surface area (Å²) in [6.45, 7) is 2.81. The highest BCUT2D eigenvalue weighted by atomic mass is 16.3. The number of rotatable bonds is 3. The Hall–Kier alpha value is -2.34. The van der Waals surface area contributed by atoms with Crippen LogP contribution in [0.5, 0.6) is 5.75 Å². The van der Waals surface area contributed by atoms with Gasteiger partial charge in [0.25, 0.3) is 5.91 Å². The Morgan fingerprint density at radius 2 is 2.18 bits per heavy atom. The van der Waals surface area contributed by atoms with Crippen LogP contribution in [-0.4, -0.2) is 50.0 Å². The van der Waals surface area contributed by atoms with Crippen LogP contribution < -0.4 is 0 Å². The summed E-state index contributed by atoms with van der Waals surface area (Å²) in [4.78, 5) is 13.9. The van der Waals surface area contributed by atoms with E-state index in [9.17, 15) is 15.0 Å². The number of aliphatic hydroxyl groups is 1. The zero-order valence-corrected chi connectivity index (χ0v) is 12.4. The molecule has 1 amide bonds. The van der Waals surface area contributed by atoms with Crippen LogP contribution in [0.2, 0.25) is 0 Å². The monoisotopic (exact) mass is 301 g/mol. The lowest BCUT2D eigenvalue weighted by Crippen LogP contribution is -2.30. The fourth-order valence-corrected chi connectivity index (χ4v) is 2.75. The fourth-order valence-electron chi connectivity index (χ4n) is 2.75. The summed E-state index contributed by atoms with van der Waals surface area (Å²) >= 11 is 0. The molecule has 0 saturated carbocycles. The number of β-amino-alcohol motifs (C(OH)–C–C–N with tert-alkyl or cyclic N) is 1. The van der Waals surface area contributed by atoms with Gasteiger partial charge in [0.2, 0.25) is 0 Å². The van der Waals surface area contributed by atoms with Crippen molar-refractivity contribution in [3.63, 3.8) is 0 Å². The number of aliphatic hydroxyl groups excluding tert-OH is 1. The minimum Gasteiger partial charge on any atom is -0.504 e. The number of amides is 1. The van der Waals surface area contributed by atoms with Gasteiger partial charge in [-0.3, -0.25) is 4.79 Å². The molecule has 0 radical (unpaired) electrons. The molecule has 0 bridgehead atoms. The van der Waals surface area contributed by atoms with Crippen LogP contribution >= 0.6 is 0 Å². The molecule has 3 rings (SSSR count). The molecule has 0 spiro atoms. The molecule has 2 aromatic rings. The van der Waals surface area contributed by atoms with Crippen LogP contribution in [0.4, 0.5) is 0 Å². The molecule has 2 heterocycles. The van der Waals surface area contributed by atoms with Gasteiger partial charge < -0.3 is 15.1 Å². The number of nitrogens with zero attached hydrogens (tertiary/aromatic N) is 3. The highest BCUT2D eigenvalue weighted by molar-refractivity contribution is 5.95. The van der Waals surface area contributed by atoms with E-state index in [0.29, 0.717) is 13.0 Å². The average Bonchev–Trinajstić information content (AvgIpc) is 3.12. The summed E-state index contributed by atoms with van der Waals surface area (Å²) in [6.07, 6.45) is 2.35. The first kappa shape index (κ1) is 14.6. The standard InChI is InChI=1S/C16H19N3O3/c1-2-11-5-3-4-6-13(11)19-10-14(21)15(17-19)16(22)18-8-7-12(20)9-18/h3-6,10,12,20-21H,2,7-9H2,1H3/t12-/m1/s1. The molecule has 1 aliphatic rings. The van der Waals surface area contributed by atoms with E-state index >= 15 is 0 Å². The second-order valence-corrected chi connectivity index (χ2v) is 5.48. The minimum atomic E-state index is -0.492. The van der Waals surface area contributed by atoms with E-state index in [-0.39, 0.29) is 23.9 Å². The molecule has 1 aliphatic heterocycles. The van der Waals surface area contributed by atoms with E-state index in [1.165, 1.54) is 15.8 Å². The van der Waals surface area contributed by atoms with Crippen LogP contribution in [0.3, 0.4) is 0 Å². The van der Waals surface area contributed by atoms with Crippen molar-refractivity contribution in [2.75, 3.05) is 13.1 Å². The van der Waals surface area contributed by atoms with E-state index in [1.807, 2.05) is 31.2 Å². The van der Waals surface area contributed by atoms with Crippen LogP contribution in [0.15, 0.2) is 30.5 Å². The summed E-state index contributed by atoms with van der Waals surface area (Å²) in [5.74, 6) is -0.487. The van der Waals surface area contributed by atoms with Gasteiger partial charge in [0, 0.05) is 13.1 Å². The number of benzene rings is 1. The van der Waals surface area contributed by atoms with Crippen LogP contribution in [0, 0.1) is 0 Å². The number of hydrogen-bond acceptors (Lipinski definition) is 4. The number of aromatic hydroxyl groups is 1. The molecule has 22 heavy (non-hydrogen) atoms. The van der Waals surface area contributed by atoms with E-state index in [2.05, 4.69) is 5.10 Å². The first-order chi connectivity index (χ1) is 10.6. The maximum Gasteiger partial charge on any atom is 0.278 e. The van der Waals surface area contributed by atoms with Crippen molar-refractivity contribution in [3.8, 4) is 11.4 Å². The molecule has 1 aromatic heterocycles. The summed E-state index contributed by atoms with van der Waals surface area (Å²) in [5.41, 5.74) is 1.96. The van der Waals surface area contributed by atoms with Crippen LogP contribution in [0.25, 0.3) is 5.69 Å². The SMILES string of the molecule is CCc1ccccc1-n1cc(O)c(C(=O)N2CC[C@@H](O)C2)n1. The molecular weight excluding hydrogens is 282 g/mol. The molecule has 6 nitrogen and oxygen atoms in total. The zero-order chi connectivity index (χ0) is 15.7. The lowest BCUT2D eigenvalue weighted by molar-refractivity contribution is 0.0756. The Kier molecular flexibility index (Phi) is 3.85. The summed E-state index contributed by atoms with van der Waals surface area (Å²) in [6, 6.07) is 7.74. The van der Waals surface area contributed by atoms with Gasteiger partial charge in [-0.15, -0.1) is 0 Å². The third-order valence-electron chi connectivity index (χ3n) is 3.97. The molecule has 116 valence electrons. The third-order valence-corrected chi connectivity index (χ3v) is 3.97. The fraction of sp³-hybridized carbons (Fsp3) is 0.375. The third kappa shape index (κ3) is 2.57. The molecule has 0 aliphatic carbocycles. The predicted molar refractivity (Wildman–Crippen MR) is 81.1 cm³/mol. The minimum absolute atomic E-state index is 0.0278. The number of hydrogen-bond donors (Lipinski definition) is 2. The zero-order valence-electron chi connectivity index (χ0n) is 12.4. The van der Waals surface area contributed by atoms with Gasteiger partial charge in [0.1, 0.15) is 0 Å². The molecule has 6 heteroatoms. The topological polar surface area (TPSA) is 78.6 Å². The number of aromatic nitrogens is 2. The number of para-hydroxylation sites is 1. The first-order valence-electron chi connectivity index (χ1n) is 7.44. The van der Waals surface area contributed by atoms with Crippen molar-refractivity contribution in [2.45, 2.75) is 25.9 Å². The Balaban J connectivity index is 1.92. The number of carbonyl (C=O) groups is 1. The smallest absolute Gasteiger partial charge is 0.278 e. The predicted octanol–water partition coefficient (Wildman–Crippen LogP) is 1.35. The Morgan fingerprint density at radius 1 is 1.41 bits per heavy atom. The van der Waals surface area contributed by atoms with Crippen molar-refractivity contribution < 1.29 is 15.0 Å². The molecule has 1 aromatic carbocycles. The average molecular weight is 301 g/mol. The Bertz CT molecular complexity index is 696. The lowest BCUT2D eigenvalue weighted by Gasteiger charge is -2.13. The summed E-state index contributed by atoms with van der Waals surface area (Å²) in [5, 5.41) is 23.8. The number of carbonyl (C=O) groups excluding carboxylic acids is 1. The normalized spacial score (nSPS) is 17.9.